The molecule has 0 spiro atoms. The first-order chi connectivity index (χ1) is 14.1. The van der Waals surface area contributed by atoms with Gasteiger partial charge in [0.25, 0.3) is 5.91 Å². The topological polar surface area (TPSA) is 96.2 Å². The van der Waals surface area contributed by atoms with Gasteiger partial charge >= 0.3 is 0 Å². The van der Waals surface area contributed by atoms with E-state index in [0.717, 1.165) is 11.1 Å². The normalized spacial score (nSPS) is 11.5. The van der Waals surface area contributed by atoms with Gasteiger partial charge in [-0.15, -0.1) is 0 Å². The Hall–Kier alpha value is -3.19. The second-order valence-electron chi connectivity index (χ2n) is 6.34. The molecule has 1 atom stereocenters. The van der Waals surface area contributed by atoms with Crippen molar-refractivity contribution in [1.82, 2.24) is 10.7 Å². The lowest BCUT2D eigenvalue weighted by Gasteiger charge is -2.22. The number of halogens is 1. The number of carbonyl (C=O) groups is 2. The van der Waals surface area contributed by atoms with Crippen LogP contribution in [0.2, 0.25) is 5.02 Å². The fourth-order valence-electron chi connectivity index (χ4n) is 2.95. The minimum Gasteiger partial charge on any atom is -0.322 e. The van der Waals surface area contributed by atoms with Crippen molar-refractivity contribution in [2.75, 3.05) is 11.9 Å². The molecule has 6 nitrogen and oxygen atoms in total. The molecule has 0 heterocycles. The first-order valence-corrected chi connectivity index (χ1v) is 9.40. The molecule has 5 N–H and O–H groups in total. The smallest absolute Gasteiger partial charge is 0.255 e. The van der Waals surface area contributed by atoms with Gasteiger partial charge in [0.1, 0.15) is 0 Å². The van der Waals surface area contributed by atoms with Crippen molar-refractivity contribution in [1.29, 1.82) is 0 Å². The van der Waals surface area contributed by atoms with E-state index < -0.39 is 0 Å². The highest BCUT2D eigenvalue weighted by Crippen LogP contribution is 2.29. The van der Waals surface area contributed by atoms with Gasteiger partial charge in [0.15, 0.2) is 0 Å². The van der Waals surface area contributed by atoms with Crippen molar-refractivity contribution in [2.24, 2.45) is 5.84 Å². The number of para-hydroxylation sites is 1. The third-order valence-corrected chi connectivity index (χ3v) is 4.64. The standard InChI is InChI=1S/C22H21ClN4O2/c23-17-12-10-15(11-13-17)21(25-14-20(28)27-24)18-8-4-5-9-19(18)26-22(29)16-6-2-1-3-7-16/h1-13,21,25H,14,24H2,(H,26,29)(H,27,28). The van der Waals surface area contributed by atoms with E-state index in [2.05, 4.69) is 16.1 Å². The monoisotopic (exact) mass is 408 g/mol. The fourth-order valence-corrected chi connectivity index (χ4v) is 3.08. The van der Waals surface area contributed by atoms with Crippen LogP contribution in [0, 0.1) is 0 Å². The maximum Gasteiger partial charge on any atom is 0.255 e. The summed E-state index contributed by atoms with van der Waals surface area (Å²) in [5, 5.41) is 6.76. The fraction of sp³-hybridized carbons (Fsp3) is 0.0909. The number of anilines is 1. The summed E-state index contributed by atoms with van der Waals surface area (Å²) in [5.74, 6) is 4.63. The van der Waals surface area contributed by atoms with Crippen molar-refractivity contribution < 1.29 is 9.59 Å². The van der Waals surface area contributed by atoms with Crippen molar-refractivity contribution >= 4 is 29.1 Å². The third-order valence-electron chi connectivity index (χ3n) is 4.39. The summed E-state index contributed by atoms with van der Waals surface area (Å²) in [4.78, 5) is 24.3. The quantitative estimate of drug-likeness (QED) is 0.274. The van der Waals surface area contributed by atoms with Gasteiger partial charge < -0.3 is 5.32 Å². The van der Waals surface area contributed by atoms with E-state index in [4.69, 9.17) is 17.4 Å². The van der Waals surface area contributed by atoms with Gasteiger partial charge in [-0.25, -0.2) is 5.84 Å². The molecule has 0 aliphatic heterocycles. The van der Waals surface area contributed by atoms with Crippen LogP contribution < -0.4 is 21.9 Å². The largest absolute Gasteiger partial charge is 0.322 e. The summed E-state index contributed by atoms with van der Waals surface area (Å²) in [6.45, 7) is 0.00472. The van der Waals surface area contributed by atoms with Crippen LogP contribution in [-0.4, -0.2) is 18.4 Å². The van der Waals surface area contributed by atoms with Crippen LogP contribution in [0.25, 0.3) is 0 Å². The lowest BCUT2D eigenvalue weighted by Crippen LogP contribution is -2.39. The van der Waals surface area contributed by atoms with Crippen LogP contribution in [0.1, 0.15) is 27.5 Å². The molecule has 0 aliphatic rings. The summed E-state index contributed by atoms with van der Waals surface area (Å²) >= 11 is 6.02. The number of hydrogen-bond acceptors (Lipinski definition) is 4. The van der Waals surface area contributed by atoms with Crippen LogP contribution in [0.4, 0.5) is 5.69 Å². The average Bonchev–Trinajstić information content (AvgIpc) is 2.76. The van der Waals surface area contributed by atoms with Crippen molar-refractivity contribution in [3.63, 3.8) is 0 Å². The Labute approximate surface area is 174 Å². The van der Waals surface area contributed by atoms with E-state index in [1.54, 1.807) is 24.3 Å². The zero-order valence-corrected chi connectivity index (χ0v) is 16.3. The second-order valence-corrected chi connectivity index (χ2v) is 6.78. The Balaban J connectivity index is 1.93. The van der Waals surface area contributed by atoms with E-state index >= 15 is 0 Å². The summed E-state index contributed by atoms with van der Waals surface area (Å²) in [7, 11) is 0. The van der Waals surface area contributed by atoms with Gasteiger partial charge in [-0.1, -0.05) is 60.1 Å². The SMILES string of the molecule is NNC(=O)CNC(c1ccc(Cl)cc1)c1ccccc1NC(=O)c1ccccc1. The van der Waals surface area contributed by atoms with Gasteiger partial charge in [0.05, 0.1) is 12.6 Å². The molecule has 3 rings (SSSR count). The van der Waals surface area contributed by atoms with Crippen LogP contribution in [0.15, 0.2) is 78.9 Å². The average molecular weight is 409 g/mol. The summed E-state index contributed by atoms with van der Waals surface area (Å²) in [5.41, 5.74) is 5.00. The maximum absolute atomic E-state index is 12.7. The molecular weight excluding hydrogens is 388 g/mol. The number of amides is 2. The molecule has 0 saturated heterocycles. The Morgan fingerprint density at radius 1 is 0.897 bits per heavy atom. The zero-order valence-electron chi connectivity index (χ0n) is 15.6. The predicted molar refractivity (Wildman–Crippen MR) is 114 cm³/mol. The summed E-state index contributed by atoms with van der Waals surface area (Å²) in [6.07, 6.45) is 0. The van der Waals surface area contributed by atoms with Crippen molar-refractivity contribution in [3.05, 3.63) is 101 Å². The van der Waals surface area contributed by atoms with E-state index in [1.807, 2.05) is 54.6 Å². The number of hydrazine groups is 1. The van der Waals surface area contributed by atoms with E-state index in [9.17, 15) is 9.59 Å². The lowest BCUT2D eigenvalue weighted by molar-refractivity contribution is -0.120. The van der Waals surface area contributed by atoms with Crippen LogP contribution in [0.3, 0.4) is 0 Å². The molecule has 1 unspecified atom stereocenters. The van der Waals surface area contributed by atoms with Crippen LogP contribution in [-0.2, 0) is 4.79 Å². The number of carbonyl (C=O) groups excluding carboxylic acids is 2. The van der Waals surface area contributed by atoms with E-state index in [0.29, 0.717) is 16.3 Å². The molecule has 0 saturated carbocycles. The van der Waals surface area contributed by atoms with Gasteiger partial charge in [-0.05, 0) is 41.5 Å². The van der Waals surface area contributed by atoms with E-state index in [-0.39, 0.29) is 24.4 Å². The summed E-state index contributed by atoms with van der Waals surface area (Å²) in [6, 6.07) is 23.3. The van der Waals surface area contributed by atoms with Gasteiger partial charge in [-0.3, -0.25) is 20.3 Å². The van der Waals surface area contributed by atoms with Crippen LogP contribution >= 0.6 is 11.6 Å². The molecule has 0 aliphatic carbocycles. The van der Waals surface area contributed by atoms with Crippen LogP contribution in [0.5, 0.6) is 0 Å². The minimum atomic E-state index is -0.364. The number of hydrogen-bond donors (Lipinski definition) is 4. The highest BCUT2D eigenvalue weighted by atomic mass is 35.5. The molecule has 2 amide bonds. The highest BCUT2D eigenvalue weighted by Gasteiger charge is 2.19. The number of benzene rings is 3. The number of rotatable bonds is 7. The third kappa shape index (κ3) is 5.42. The highest BCUT2D eigenvalue weighted by molar-refractivity contribution is 6.30. The number of nitrogens with two attached hydrogens (primary N) is 1. The first-order valence-electron chi connectivity index (χ1n) is 9.02. The second kappa shape index (κ2) is 9.84. The molecule has 29 heavy (non-hydrogen) atoms. The first kappa shape index (κ1) is 20.5. The molecule has 3 aromatic rings. The van der Waals surface area contributed by atoms with Gasteiger partial charge in [0, 0.05) is 16.3 Å². The Bertz CT molecular complexity index is 978. The van der Waals surface area contributed by atoms with E-state index in [1.165, 1.54) is 0 Å². The molecule has 0 fully saturated rings. The molecule has 0 bridgehead atoms. The Kier molecular flexibility index (Phi) is 6.97. The maximum atomic E-state index is 12.7. The predicted octanol–water partition coefficient (Wildman–Crippen LogP) is 3.26. The molecule has 0 radical (unpaired) electrons. The lowest BCUT2D eigenvalue weighted by atomic mass is 9.96. The molecular formula is C22H21ClN4O2. The Morgan fingerprint density at radius 3 is 2.24 bits per heavy atom. The molecule has 7 heteroatoms. The van der Waals surface area contributed by atoms with Crippen molar-refractivity contribution in [2.45, 2.75) is 6.04 Å². The summed E-state index contributed by atoms with van der Waals surface area (Å²) < 4.78 is 0. The zero-order chi connectivity index (χ0) is 20.6. The molecule has 148 valence electrons. The molecule has 0 aromatic heterocycles. The Morgan fingerprint density at radius 2 is 1.55 bits per heavy atom. The molecule has 3 aromatic carbocycles. The number of nitrogens with one attached hydrogen (secondary N) is 3. The van der Waals surface area contributed by atoms with Crippen molar-refractivity contribution in [3.8, 4) is 0 Å². The van der Waals surface area contributed by atoms with Gasteiger partial charge in [0.2, 0.25) is 5.91 Å². The minimum absolute atomic E-state index is 0.00472. The van der Waals surface area contributed by atoms with Gasteiger partial charge in [-0.2, -0.15) is 0 Å².